The van der Waals surface area contributed by atoms with E-state index in [1.165, 1.54) is 26.4 Å². The zero-order valence-electron chi connectivity index (χ0n) is 14.7. The molecular weight excluding hydrogens is 340 g/mol. The van der Waals surface area contributed by atoms with Crippen molar-refractivity contribution < 1.29 is 27.8 Å². The van der Waals surface area contributed by atoms with Crippen LogP contribution in [0.2, 0.25) is 0 Å². The summed E-state index contributed by atoms with van der Waals surface area (Å²) in [5.74, 6) is 0.510. The summed E-state index contributed by atoms with van der Waals surface area (Å²) >= 11 is 0. The number of methoxy groups -OCH3 is 1. The standard InChI is InChI=1S/C19H18O7/c1-11(10-25-12(2)20)6-8-24-19-17-14(7-9-23-17)16(22-3)13-4-5-15(21)26-18(13)19/h4-7,9H,8,10H2,1-3H3/b11-6+. The van der Waals surface area contributed by atoms with E-state index >= 15 is 0 Å². The van der Waals surface area contributed by atoms with E-state index < -0.39 is 5.63 Å². The molecule has 0 aliphatic heterocycles. The van der Waals surface area contributed by atoms with Gasteiger partial charge in [-0.15, -0.1) is 0 Å². The quantitative estimate of drug-likeness (QED) is 0.379. The van der Waals surface area contributed by atoms with Gasteiger partial charge in [-0.3, -0.25) is 4.79 Å². The Labute approximate surface area is 148 Å². The van der Waals surface area contributed by atoms with E-state index in [1.54, 1.807) is 18.2 Å². The number of rotatable bonds is 6. The number of esters is 1. The first-order valence-electron chi connectivity index (χ1n) is 7.94. The lowest BCUT2D eigenvalue weighted by atomic mass is 10.1. The van der Waals surface area contributed by atoms with Crippen molar-refractivity contribution in [1.82, 2.24) is 0 Å². The Bertz CT molecular complexity index is 1040. The zero-order chi connectivity index (χ0) is 18.7. The number of carbonyl (C=O) groups excluding carboxylic acids is 1. The molecule has 0 fully saturated rings. The van der Waals surface area contributed by atoms with Crippen LogP contribution in [0.4, 0.5) is 0 Å². The van der Waals surface area contributed by atoms with Crippen LogP contribution in [0.5, 0.6) is 11.5 Å². The number of hydrogen-bond acceptors (Lipinski definition) is 7. The highest BCUT2D eigenvalue weighted by Crippen LogP contribution is 2.42. The third kappa shape index (κ3) is 3.42. The van der Waals surface area contributed by atoms with E-state index in [0.717, 1.165) is 5.57 Å². The van der Waals surface area contributed by atoms with Crippen LogP contribution in [-0.4, -0.2) is 26.3 Å². The van der Waals surface area contributed by atoms with Crippen LogP contribution in [0.15, 0.2) is 49.7 Å². The normalized spacial score (nSPS) is 11.7. The van der Waals surface area contributed by atoms with Gasteiger partial charge in [-0.2, -0.15) is 0 Å². The van der Waals surface area contributed by atoms with Gasteiger partial charge >= 0.3 is 11.6 Å². The molecule has 1 aromatic carbocycles. The maximum absolute atomic E-state index is 11.7. The lowest BCUT2D eigenvalue weighted by Crippen LogP contribution is -2.04. The second-order valence-electron chi connectivity index (χ2n) is 5.66. The number of furan rings is 1. The van der Waals surface area contributed by atoms with Crippen LogP contribution >= 0.6 is 0 Å². The molecule has 0 unspecified atom stereocenters. The molecule has 0 aliphatic carbocycles. The molecule has 0 spiro atoms. The summed E-state index contributed by atoms with van der Waals surface area (Å²) in [7, 11) is 1.54. The van der Waals surface area contributed by atoms with Crippen LogP contribution < -0.4 is 15.1 Å². The molecule has 3 aromatic rings. The Hall–Kier alpha value is -3.22. The first-order valence-corrected chi connectivity index (χ1v) is 7.94. The molecule has 3 rings (SSSR count). The molecule has 0 N–H and O–H groups in total. The second-order valence-corrected chi connectivity index (χ2v) is 5.66. The lowest BCUT2D eigenvalue weighted by molar-refractivity contribution is -0.139. The molecule has 136 valence electrons. The van der Waals surface area contributed by atoms with Gasteiger partial charge in [0, 0.05) is 13.0 Å². The Morgan fingerprint density at radius 3 is 2.62 bits per heavy atom. The van der Waals surface area contributed by atoms with Crippen molar-refractivity contribution in [2.45, 2.75) is 13.8 Å². The molecule has 7 heteroatoms. The fourth-order valence-corrected chi connectivity index (χ4v) is 2.57. The predicted molar refractivity (Wildman–Crippen MR) is 94.7 cm³/mol. The molecule has 26 heavy (non-hydrogen) atoms. The van der Waals surface area contributed by atoms with Gasteiger partial charge in [0.05, 0.1) is 24.1 Å². The summed E-state index contributed by atoms with van der Waals surface area (Å²) in [6.07, 6.45) is 3.29. The summed E-state index contributed by atoms with van der Waals surface area (Å²) in [5, 5.41) is 1.32. The van der Waals surface area contributed by atoms with E-state index in [2.05, 4.69) is 0 Å². The maximum Gasteiger partial charge on any atom is 0.336 e. The van der Waals surface area contributed by atoms with Gasteiger partial charge in [0.2, 0.25) is 5.75 Å². The highest BCUT2D eigenvalue weighted by molar-refractivity contribution is 6.06. The van der Waals surface area contributed by atoms with Crippen molar-refractivity contribution in [2.24, 2.45) is 0 Å². The Balaban J connectivity index is 2.00. The molecule has 0 atom stereocenters. The summed E-state index contributed by atoms with van der Waals surface area (Å²) in [6.45, 7) is 3.54. The molecule has 7 nitrogen and oxygen atoms in total. The van der Waals surface area contributed by atoms with E-state index in [9.17, 15) is 9.59 Å². The number of ether oxygens (including phenoxy) is 3. The van der Waals surface area contributed by atoms with E-state index in [0.29, 0.717) is 27.9 Å². The van der Waals surface area contributed by atoms with Gasteiger partial charge in [0.15, 0.2) is 11.2 Å². The SMILES string of the molecule is COc1c2ccoc2c(OC/C=C(\C)COC(C)=O)c2oc(=O)ccc12. The van der Waals surface area contributed by atoms with Crippen molar-refractivity contribution in [3.8, 4) is 11.5 Å². The fraction of sp³-hybridized carbons (Fsp3) is 0.263. The van der Waals surface area contributed by atoms with Crippen molar-refractivity contribution in [3.63, 3.8) is 0 Å². The maximum atomic E-state index is 11.7. The van der Waals surface area contributed by atoms with Gasteiger partial charge in [0.25, 0.3) is 0 Å². The second kappa shape index (κ2) is 7.35. The van der Waals surface area contributed by atoms with Gasteiger partial charge in [0.1, 0.15) is 19.0 Å². The third-order valence-corrected chi connectivity index (χ3v) is 3.77. The Morgan fingerprint density at radius 1 is 1.12 bits per heavy atom. The summed E-state index contributed by atoms with van der Waals surface area (Å²) < 4.78 is 27.1. The van der Waals surface area contributed by atoms with Crippen LogP contribution in [0.1, 0.15) is 13.8 Å². The number of benzene rings is 1. The highest BCUT2D eigenvalue weighted by atomic mass is 16.5. The van der Waals surface area contributed by atoms with E-state index in [1.807, 2.05) is 6.92 Å². The first kappa shape index (κ1) is 17.6. The van der Waals surface area contributed by atoms with Gasteiger partial charge in [-0.05, 0) is 30.7 Å². The Morgan fingerprint density at radius 2 is 1.88 bits per heavy atom. The molecule has 0 saturated heterocycles. The van der Waals surface area contributed by atoms with Crippen molar-refractivity contribution >= 4 is 27.9 Å². The number of hydrogen-bond donors (Lipinski definition) is 0. The van der Waals surface area contributed by atoms with Crippen LogP contribution in [0.3, 0.4) is 0 Å². The third-order valence-electron chi connectivity index (χ3n) is 3.77. The molecule has 0 amide bonds. The molecule has 2 aromatic heterocycles. The topological polar surface area (TPSA) is 88.1 Å². The minimum absolute atomic E-state index is 0.183. The minimum Gasteiger partial charge on any atom is -0.495 e. The largest absolute Gasteiger partial charge is 0.495 e. The summed E-state index contributed by atoms with van der Waals surface area (Å²) in [4.78, 5) is 22.5. The van der Waals surface area contributed by atoms with Gasteiger partial charge in [-0.1, -0.05) is 0 Å². The summed E-state index contributed by atoms with van der Waals surface area (Å²) in [6, 6.07) is 4.71. The average molecular weight is 358 g/mol. The minimum atomic E-state index is -0.503. The van der Waals surface area contributed by atoms with Crippen molar-refractivity contribution in [1.29, 1.82) is 0 Å². The lowest BCUT2D eigenvalue weighted by Gasteiger charge is -2.11. The molecule has 0 saturated carbocycles. The molecule has 0 bridgehead atoms. The fourth-order valence-electron chi connectivity index (χ4n) is 2.57. The van der Waals surface area contributed by atoms with Crippen LogP contribution in [-0.2, 0) is 9.53 Å². The molecule has 0 radical (unpaired) electrons. The van der Waals surface area contributed by atoms with Crippen LogP contribution in [0.25, 0.3) is 21.9 Å². The number of carbonyl (C=O) groups is 1. The average Bonchev–Trinajstić information content (AvgIpc) is 3.09. The predicted octanol–water partition coefficient (Wildman–Crippen LogP) is 3.44. The molecule has 2 heterocycles. The summed E-state index contributed by atoms with van der Waals surface area (Å²) in [5.41, 5.74) is 1.00. The molecule has 0 aliphatic rings. The highest BCUT2D eigenvalue weighted by Gasteiger charge is 2.20. The van der Waals surface area contributed by atoms with Gasteiger partial charge < -0.3 is 23.0 Å². The first-order chi connectivity index (χ1) is 12.5. The van der Waals surface area contributed by atoms with Crippen molar-refractivity contribution in [3.05, 3.63) is 46.5 Å². The number of fused-ring (bicyclic) bond motifs is 2. The molecular formula is C19H18O7. The monoisotopic (exact) mass is 358 g/mol. The zero-order valence-corrected chi connectivity index (χ0v) is 14.7. The van der Waals surface area contributed by atoms with E-state index in [-0.39, 0.29) is 24.8 Å². The van der Waals surface area contributed by atoms with Gasteiger partial charge in [-0.25, -0.2) is 4.79 Å². The Kier molecular flexibility index (Phi) is 4.97. The van der Waals surface area contributed by atoms with Crippen molar-refractivity contribution in [2.75, 3.05) is 20.3 Å². The van der Waals surface area contributed by atoms with E-state index in [4.69, 9.17) is 23.0 Å². The smallest absolute Gasteiger partial charge is 0.336 e. The van der Waals surface area contributed by atoms with Crippen LogP contribution in [0, 0.1) is 0 Å².